The molecule has 0 aromatic carbocycles. The number of carbonyl (C=O) groups is 24. The smallest absolute Gasteiger partial charge is 0.431 e. The Hall–Kier alpha value is -15.1. The van der Waals surface area contributed by atoms with Crippen LogP contribution >= 0.6 is 0 Å². The molecule has 30 amide bonds. The topological polar surface area (TPSA) is 771 Å². The second kappa shape index (κ2) is 45.4. The van der Waals surface area contributed by atoms with Crippen LogP contribution in [-0.2, 0) is 134 Å². The molecule has 0 atom stereocenters. The van der Waals surface area contributed by atoms with E-state index in [1.165, 1.54) is 84.3 Å². The number of urea groups is 6. The van der Waals surface area contributed by atoms with E-state index >= 15 is 0 Å². The van der Waals surface area contributed by atoms with E-state index in [2.05, 4.69) is 49.4 Å². The first kappa shape index (κ1) is 113. The molecule has 62 heteroatoms. The zero-order valence-corrected chi connectivity index (χ0v) is 75.8. The molecule has 6 heterocycles. The van der Waals surface area contributed by atoms with Gasteiger partial charge in [0.25, 0.3) is 93.3 Å². The molecule has 62 nitrogen and oxygen atoms in total. The highest BCUT2D eigenvalue weighted by Gasteiger charge is 2.64. The molecule has 0 unspecified atom stereocenters. The van der Waals surface area contributed by atoms with Crippen LogP contribution in [0.5, 0.6) is 0 Å². The number of nitrogens with one attached hydrogen (secondary N) is 12. The number of rotatable bonds is 20. The van der Waals surface area contributed by atoms with Crippen molar-refractivity contribution in [1.29, 1.82) is 0 Å². The Kier molecular flexibility index (Phi) is 39.4. The van der Waals surface area contributed by atoms with Crippen molar-refractivity contribution in [3.8, 4) is 0 Å². The quantitative estimate of drug-likeness (QED) is 0.0252. The number of methoxy groups -OCH3 is 2. The van der Waals surface area contributed by atoms with E-state index in [0.717, 1.165) is 52.0 Å². The van der Waals surface area contributed by atoms with Gasteiger partial charge in [-0.3, -0.25) is 119 Å². The molecule has 0 radical (unpaired) electrons. The molecule has 12 N–H and O–H groups in total. The van der Waals surface area contributed by atoms with E-state index in [4.69, 9.17) is 48.0 Å². The molecule has 0 spiro atoms. The van der Waals surface area contributed by atoms with Crippen LogP contribution in [0.1, 0.15) is 125 Å². The number of hydrogen-bond acceptors (Lipinski definition) is 44. The molecule has 724 valence electrons. The third-order valence-electron chi connectivity index (χ3n) is 15.8. The third-order valence-corrected chi connectivity index (χ3v) is 15.8. The number of oxime groups is 4. The Morgan fingerprint density at radius 2 is 0.446 bits per heavy atom. The number of likely N-dealkylation sites (N-methyl/N-ethyl adjacent to an activating group) is 6. The van der Waals surface area contributed by atoms with Gasteiger partial charge in [0.1, 0.15) is 73.7 Å². The molecular formula is C68H102N22O40. The van der Waals surface area contributed by atoms with Gasteiger partial charge in [-0.15, -0.1) is 0 Å². The van der Waals surface area contributed by atoms with E-state index in [9.17, 15) is 115 Å². The minimum atomic E-state index is -2.42. The molecule has 6 aliphatic heterocycles. The van der Waals surface area contributed by atoms with Crippen LogP contribution in [0.2, 0.25) is 0 Å². The van der Waals surface area contributed by atoms with E-state index in [0.29, 0.717) is 19.6 Å². The van der Waals surface area contributed by atoms with Crippen molar-refractivity contribution in [3.05, 3.63) is 0 Å². The predicted molar refractivity (Wildman–Crippen MR) is 421 cm³/mol. The summed E-state index contributed by atoms with van der Waals surface area (Å²) in [5, 5.41) is 25.0. The molecule has 0 aliphatic carbocycles. The summed E-state index contributed by atoms with van der Waals surface area (Å²) in [5.74, 6) is -12.4. The Labute approximate surface area is 736 Å². The molecular weight excluding hydrogens is 1760 g/mol. The molecule has 0 aromatic rings. The van der Waals surface area contributed by atoms with Gasteiger partial charge < -0.3 is 47.8 Å². The van der Waals surface area contributed by atoms with Crippen molar-refractivity contribution in [3.63, 3.8) is 0 Å². The van der Waals surface area contributed by atoms with Crippen LogP contribution < -0.4 is 64.8 Å². The van der Waals surface area contributed by atoms with Gasteiger partial charge in [-0.25, -0.2) is 86.6 Å². The maximum absolute atomic E-state index is 12.6. The normalized spacial score (nSPS) is 18.3. The van der Waals surface area contributed by atoms with Crippen molar-refractivity contribution in [1.82, 2.24) is 94.2 Å². The van der Waals surface area contributed by atoms with Crippen molar-refractivity contribution in [2.45, 2.75) is 181 Å². The maximum Gasteiger partial charge on any atom is 0.431 e. The third kappa shape index (κ3) is 28.0. The molecule has 0 bridgehead atoms. The first-order valence-electron chi connectivity index (χ1n) is 36.3. The molecule has 6 saturated heterocycles. The highest BCUT2D eigenvalue weighted by Crippen LogP contribution is 2.29. The summed E-state index contributed by atoms with van der Waals surface area (Å²) in [7, 11) is 13.9. The van der Waals surface area contributed by atoms with Crippen LogP contribution in [0.15, 0.2) is 20.6 Å². The number of nitrogens with zero attached hydrogens (tertiary/aromatic N) is 10. The largest absolute Gasteiger partial charge is 0.451 e. The number of hydrogen-bond donors (Lipinski definition) is 12. The standard InChI is InChI=1S/C14H22N4O7.C12H18N4O7.C12H19N3O6.C11H16N4O7.C10H15N3O6.C9H12N4O7/c1-8(15-23-7)14(25-16-11(21)24-13(2,3)4)9(19)17(5)12(22)18(6)10(14)20;1-6(15-21-5)12(7(17)13-9(19)14-8(12)18)23-16-10(20)22-11(2,3)4;1-11(2,3)20-9(18)13-21-12(4)7(16)14(5)10(19)15(6)8(12)17;1-6(12-21-5)11(22-13-9(18)20-4)7(16)14(2)10(19)15(3)8(11)17;1-9(2,3)18-8(17)13-19-10(4)5(14)11-7(16)12-6(10)15;1-4(12-19-3)9(20-13-8(17)18-2)5(14)10-7(16)11-6(9)15/h1-7H3,(H,16,21);1-5H3,(H,16,20)(H2,13,14,17,18,19);1-6H3,(H,13,18);1-5H3,(H,13,18);1-4H3,(H,13,17)(H2,11,12,14,15,16);1-3H3,(H,13,17)(H2,10,11,14,15,16)/b15-8+;15-6+;;12-6+;;12-4+. The summed E-state index contributed by atoms with van der Waals surface area (Å²) in [5.41, 5.74) is -6.80. The molecule has 6 aliphatic rings. The van der Waals surface area contributed by atoms with E-state index in [1.807, 2.05) is 53.8 Å². The SMILES string of the molecule is CC(C)(C)OC(=O)NOC1(C)C(=O)NC(=O)NC1=O.CN1C(=O)N(C)C(=O)C(C)(ONC(=O)OC(C)(C)C)C1=O.CO/N=C(\C)C1(ONC(=O)OC(C)(C)C)C(=O)N(C)C(=O)N(C)C1=O.CO/N=C(\C)C1(ONC(=O)OC(C)(C)C)C(=O)NC(=O)NC1=O.CO/N=C(\C)C1(ONC(=O)OC)C(=O)N(C)C(=O)N(C)C1=O.CO/N=C(\C)C1(ONC(=O)OC)C(=O)NC(=O)NC1=O. The fourth-order valence-electron chi connectivity index (χ4n) is 9.62. The summed E-state index contributed by atoms with van der Waals surface area (Å²) in [6.07, 6.45) is -6.10. The van der Waals surface area contributed by atoms with Crippen molar-refractivity contribution < 1.29 is 192 Å². The maximum atomic E-state index is 12.6. The zero-order chi connectivity index (χ0) is 101. The van der Waals surface area contributed by atoms with E-state index in [1.54, 1.807) is 94.0 Å². The summed E-state index contributed by atoms with van der Waals surface area (Å²) in [6, 6.07) is -5.48. The number of imide groups is 12. The summed E-state index contributed by atoms with van der Waals surface area (Å²) in [6.45, 7) is 26.8. The number of amides is 30. The van der Waals surface area contributed by atoms with Crippen LogP contribution in [0.25, 0.3) is 0 Å². The number of hydroxylamine groups is 6. The van der Waals surface area contributed by atoms with Gasteiger partial charge >= 0.3 is 72.7 Å². The average molecular weight is 1870 g/mol. The summed E-state index contributed by atoms with van der Waals surface area (Å²) < 4.78 is 28.3. The number of ether oxygens (including phenoxy) is 6. The van der Waals surface area contributed by atoms with Gasteiger partial charge in [-0.1, -0.05) is 20.6 Å². The van der Waals surface area contributed by atoms with Crippen LogP contribution in [-0.4, -0.2) is 337 Å². The lowest BCUT2D eigenvalue weighted by molar-refractivity contribution is -0.181. The summed E-state index contributed by atoms with van der Waals surface area (Å²) >= 11 is 0. The molecule has 6 rings (SSSR count). The molecule has 0 saturated carbocycles. The Balaban J connectivity index is 0.000000782. The fraction of sp³-hybridized carbons (Fsp3) is 0.588. The first-order valence-corrected chi connectivity index (χ1v) is 36.3. The second-order valence-electron chi connectivity index (χ2n) is 30.2. The lowest BCUT2D eigenvalue weighted by atomic mass is 9.93. The van der Waals surface area contributed by atoms with Gasteiger partial charge in [0.05, 0.1) is 14.2 Å². The Morgan fingerprint density at radius 1 is 0.269 bits per heavy atom. The van der Waals surface area contributed by atoms with Crippen molar-refractivity contribution in [2.75, 3.05) is 84.9 Å². The molecule has 130 heavy (non-hydrogen) atoms. The molecule has 0 aromatic heterocycles. The highest BCUT2D eigenvalue weighted by atomic mass is 16.8. The van der Waals surface area contributed by atoms with Crippen molar-refractivity contribution in [2.24, 2.45) is 20.6 Å². The summed E-state index contributed by atoms with van der Waals surface area (Å²) in [4.78, 5) is 334. The monoisotopic (exact) mass is 1870 g/mol. The van der Waals surface area contributed by atoms with Gasteiger partial charge in [-0.2, -0.15) is 32.9 Å². The number of barbiturate groups is 6. The van der Waals surface area contributed by atoms with Gasteiger partial charge in [-0.05, 0) is 125 Å². The number of carbonyl (C=O) groups excluding carboxylic acids is 24. The van der Waals surface area contributed by atoms with Gasteiger partial charge in [0, 0.05) is 42.3 Å². The lowest BCUT2D eigenvalue weighted by Crippen LogP contribution is -2.72. The first-order chi connectivity index (χ1) is 59.5. The van der Waals surface area contributed by atoms with Crippen LogP contribution in [0.4, 0.5) is 57.5 Å². The van der Waals surface area contributed by atoms with E-state index < -0.39 is 200 Å². The fourth-order valence-corrected chi connectivity index (χ4v) is 9.62. The second-order valence-corrected chi connectivity index (χ2v) is 30.2. The average Bonchev–Trinajstić information content (AvgIpc) is 0.739. The van der Waals surface area contributed by atoms with Gasteiger partial charge in [0.15, 0.2) is 0 Å². The van der Waals surface area contributed by atoms with Crippen LogP contribution in [0.3, 0.4) is 0 Å². The zero-order valence-electron chi connectivity index (χ0n) is 75.8. The lowest BCUT2D eigenvalue weighted by Gasteiger charge is -2.39. The van der Waals surface area contributed by atoms with E-state index in [-0.39, 0.29) is 22.8 Å². The van der Waals surface area contributed by atoms with Crippen molar-refractivity contribution >= 4 is 166 Å². The Morgan fingerprint density at radius 3 is 0.654 bits per heavy atom. The minimum absolute atomic E-state index is 0.215. The Bertz CT molecular complexity index is 4480. The highest BCUT2D eigenvalue weighted by molar-refractivity contribution is 6.37. The van der Waals surface area contributed by atoms with Gasteiger partial charge in [0.2, 0.25) is 11.2 Å². The van der Waals surface area contributed by atoms with Crippen LogP contribution in [0, 0.1) is 0 Å². The predicted octanol–water partition coefficient (Wildman–Crippen LogP) is -2.87. The minimum Gasteiger partial charge on any atom is -0.451 e. The molecule has 6 fully saturated rings.